The molecule has 1 fully saturated rings. The van der Waals surface area contributed by atoms with Gasteiger partial charge in [0.2, 0.25) is 0 Å². The van der Waals surface area contributed by atoms with Crippen molar-refractivity contribution in [3.8, 4) is 0 Å². The molecular weight excluding hydrogens is 484 g/mol. The van der Waals surface area contributed by atoms with Crippen LogP contribution in [0.1, 0.15) is 42.6 Å². The van der Waals surface area contributed by atoms with Gasteiger partial charge in [-0.05, 0) is 79.1 Å². The van der Waals surface area contributed by atoms with E-state index in [1.165, 1.54) is 5.56 Å². The molecule has 0 unspecified atom stereocenters. The van der Waals surface area contributed by atoms with Crippen molar-refractivity contribution in [2.24, 2.45) is 11.8 Å². The van der Waals surface area contributed by atoms with Crippen molar-refractivity contribution in [3.63, 3.8) is 0 Å². The van der Waals surface area contributed by atoms with Crippen LogP contribution in [0.15, 0.2) is 72.8 Å². The molecular formula is C30H35ClN4O2. The summed E-state index contributed by atoms with van der Waals surface area (Å²) in [6, 6.07) is 22.7. The minimum Gasteiger partial charge on any atom is -0.371 e. The second-order valence-corrected chi connectivity index (χ2v) is 10.5. The van der Waals surface area contributed by atoms with Crippen LogP contribution in [0.25, 0.3) is 0 Å². The normalized spacial score (nSPS) is 13.9. The summed E-state index contributed by atoms with van der Waals surface area (Å²) in [5, 5.41) is 9.28. The number of rotatable bonds is 8. The Hall–Kier alpha value is -3.51. The maximum atomic E-state index is 13.2. The van der Waals surface area contributed by atoms with Crippen molar-refractivity contribution >= 4 is 40.6 Å². The molecule has 6 nitrogen and oxygen atoms in total. The summed E-state index contributed by atoms with van der Waals surface area (Å²) in [6.45, 7) is 6.51. The van der Waals surface area contributed by atoms with E-state index in [9.17, 15) is 9.59 Å². The minimum absolute atomic E-state index is 0.128. The number of carbonyl (C=O) groups is 2. The van der Waals surface area contributed by atoms with E-state index in [2.05, 4.69) is 65.0 Å². The Bertz CT molecular complexity index is 1190. The molecule has 3 aromatic rings. The lowest BCUT2D eigenvalue weighted by Gasteiger charge is -2.35. The number of hydrogen-bond donors (Lipinski definition) is 3. The maximum Gasteiger partial charge on any atom is 0.323 e. The van der Waals surface area contributed by atoms with Crippen LogP contribution >= 0.6 is 11.6 Å². The monoisotopic (exact) mass is 518 g/mol. The fraction of sp³-hybridized carbons (Fsp3) is 0.333. The second kappa shape index (κ2) is 12.6. The van der Waals surface area contributed by atoms with Gasteiger partial charge >= 0.3 is 6.03 Å². The van der Waals surface area contributed by atoms with E-state index >= 15 is 0 Å². The third kappa shape index (κ3) is 7.73. The van der Waals surface area contributed by atoms with Crippen molar-refractivity contribution in [3.05, 3.63) is 88.9 Å². The third-order valence-electron chi connectivity index (χ3n) is 6.59. The summed E-state index contributed by atoms with van der Waals surface area (Å²) in [4.78, 5) is 28.1. The van der Waals surface area contributed by atoms with Crippen LogP contribution in [0.5, 0.6) is 0 Å². The van der Waals surface area contributed by atoms with Gasteiger partial charge in [-0.25, -0.2) is 4.79 Å². The Morgan fingerprint density at radius 3 is 2.24 bits per heavy atom. The molecule has 1 aliphatic rings. The Kier molecular flexibility index (Phi) is 9.07. The van der Waals surface area contributed by atoms with Crippen molar-refractivity contribution in [1.29, 1.82) is 0 Å². The fourth-order valence-corrected chi connectivity index (χ4v) is 4.74. The van der Waals surface area contributed by atoms with Gasteiger partial charge in [-0.15, -0.1) is 0 Å². The molecule has 0 atom stereocenters. The summed E-state index contributed by atoms with van der Waals surface area (Å²) in [6.07, 6.45) is 3.24. The molecule has 0 aromatic heterocycles. The molecule has 0 bridgehead atoms. The van der Waals surface area contributed by atoms with Gasteiger partial charge in [0.15, 0.2) is 0 Å². The van der Waals surface area contributed by atoms with E-state index in [-0.39, 0.29) is 11.9 Å². The van der Waals surface area contributed by atoms with Crippen LogP contribution in [0, 0.1) is 11.8 Å². The molecule has 3 N–H and O–H groups in total. The maximum absolute atomic E-state index is 13.2. The molecule has 3 aromatic carbocycles. The number of nitrogens with one attached hydrogen (secondary N) is 3. The number of hydrogen-bond acceptors (Lipinski definition) is 3. The molecule has 1 heterocycles. The molecule has 1 saturated heterocycles. The standard InChI is InChI=1S/C30H35ClN4O2/c1-21(2)20-32-29(36)27-19-26(34-30(37)33-25-10-8-24(31)9-11-25)12-13-28(27)35-16-14-23(15-17-35)18-22-6-4-3-5-7-22/h3-13,19,21,23H,14-18,20H2,1-2H3,(H,32,36)(H2,33,34,37). The van der Waals surface area contributed by atoms with Gasteiger partial charge < -0.3 is 20.9 Å². The smallest absolute Gasteiger partial charge is 0.323 e. The Morgan fingerprint density at radius 1 is 0.919 bits per heavy atom. The van der Waals surface area contributed by atoms with E-state index in [0.29, 0.717) is 40.3 Å². The molecule has 37 heavy (non-hydrogen) atoms. The van der Waals surface area contributed by atoms with E-state index in [1.54, 1.807) is 30.3 Å². The first-order chi connectivity index (χ1) is 17.9. The Labute approximate surface area is 224 Å². The Balaban J connectivity index is 1.46. The molecule has 1 aliphatic heterocycles. The zero-order chi connectivity index (χ0) is 26.2. The van der Waals surface area contributed by atoms with Gasteiger partial charge in [0.05, 0.1) is 5.56 Å². The zero-order valence-electron chi connectivity index (χ0n) is 21.5. The number of carbonyl (C=O) groups excluding carboxylic acids is 2. The number of amides is 3. The SMILES string of the molecule is CC(C)CNC(=O)c1cc(NC(=O)Nc2ccc(Cl)cc2)ccc1N1CCC(Cc2ccccc2)CC1. The number of urea groups is 1. The molecule has 194 valence electrons. The number of benzene rings is 3. The summed E-state index contributed by atoms with van der Waals surface area (Å²) in [7, 11) is 0. The molecule has 0 saturated carbocycles. The predicted octanol–water partition coefficient (Wildman–Crippen LogP) is 6.83. The first-order valence-corrected chi connectivity index (χ1v) is 13.3. The van der Waals surface area contributed by atoms with E-state index in [1.807, 2.05) is 12.1 Å². The van der Waals surface area contributed by atoms with Crippen molar-refractivity contribution in [2.75, 3.05) is 35.2 Å². The highest BCUT2D eigenvalue weighted by Crippen LogP contribution is 2.30. The highest BCUT2D eigenvalue weighted by Gasteiger charge is 2.24. The lowest BCUT2D eigenvalue weighted by molar-refractivity contribution is 0.0949. The summed E-state index contributed by atoms with van der Waals surface area (Å²) >= 11 is 5.92. The predicted molar refractivity (Wildman–Crippen MR) is 153 cm³/mol. The number of nitrogens with zero attached hydrogens (tertiary/aromatic N) is 1. The molecule has 3 amide bonds. The first-order valence-electron chi connectivity index (χ1n) is 12.9. The van der Waals surface area contributed by atoms with Crippen molar-refractivity contribution in [2.45, 2.75) is 33.1 Å². The largest absolute Gasteiger partial charge is 0.371 e. The van der Waals surface area contributed by atoms with Gasteiger partial charge in [-0.1, -0.05) is 55.8 Å². The molecule has 0 aliphatic carbocycles. The van der Waals surface area contributed by atoms with E-state index in [4.69, 9.17) is 11.6 Å². The second-order valence-electron chi connectivity index (χ2n) is 10.0. The fourth-order valence-electron chi connectivity index (χ4n) is 4.62. The quantitative estimate of drug-likeness (QED) is 0.306. The van der Waals surface area contributed by atoms with Crippen LogP contribution in [-0.2, 0) is 6.42 Å². The van der Waals surface area contributed by atoms with Crippen LogP contribution in [0.3, 0.4) is 0 Å². The number of halogens is 1. The van der Waals surface area contributed by atoms with Gasteiger partial charge in [-0.2, -0.15) is 0 Å². The summed E-state index contributed by atoms with van der Waals surface area (Å²) in [5.41, 5.74) is 4.05. The highest BCUT2D eigenvalue weighted by atomic mass is 35.5. The molecule has 7 heteroatoms. The molecule has 0 spiro atoms. The minimum atomic E-state index is -0.384. The van der Waals surface area contributed by atoms with E-state index in [0.717, 1.165) is 38.0 Å². The Morgan fingerprint density at radius 2 is 1.57 bits per heavy atom. The van der Waals surface area contributed by atoms with Crippen LogP contribution in [0.2, 0.25) is 5.02 Å². The van der Waals surface area contributed by atoms with Gasteiger partial charge in [-0.3, -0.25) is 4.79 Å². The number of piperidine rings is 1. The number of anilines is 3. The zero-order valence-corrected chi connectivity index (χ0v) is 22.2. The van der Waals surface area contributed by atoms with Crippen LogP contribution in [-0.4, -0.2) is 31.6 Å². The average Bonchev–Trinajstić information content (AvgIpc) is 2.89. The van der Waals surface area contributed by atoms with Crippen molar-refractivity contribution < 1.29 is 9.59 Å². The van der Waals surface area contributed by atoms with Gasteiger partial charge in [0, 0.05) is 41.7 Å². The lowest BCUT2D eigenvalue weighted by Crippen LogP contribution is -2.36. The topological polar surface area (TPSA) is 73.5 Å². The molecule has 4 rings (SSSR count). The summed E-state index contributed by atoms with van der Waals surface area (Å²) in [5.74, 6) is 0.846. The average molecular weight is 519 g/mol. The molecule has 0 radical (unpaired) electrons. The van der Waals surface area contributed by atoms with Crippen LogP contribution in [0.4, 0.5) is 21.9 Å². The van der Waals surface area contributed by atoms with Gasteiger partial charge in [0.1, 0.15) is 0 Å². The lowest BCUT2D eigenvalue weighted by atomic mass is 9.89. The van der Waals surface area contributed by atoms with E-state index < -0.39 is 0 Å². The highest BCUT2D eigenvalue weighted by molar-refractivity contribution is 6.30. The third-order valence-corrected chi connectivity index (χ3v) is 6.85. The van der Waals surface area contributed by atoms with Crippen molar-refractivity contribution in [1.82, 2.24) is 5.32 Å². The van der Waals surface area contributed by atoms with Gasteiger partial charge in [0.25, 0.3) is 5.91 Å². The van der Waals surface area contributed by atoms with Crippen LogP contribution < -0.4 is 20.9 Å². The first kappa shape index (κ1) is 26.6. The summed E-state index contributed by atoms with van der Waals surface area (Å²) < 4.78 is 0.